The van der Waals surface area contributed by atoms with Crippen LogP contribution in [0.2, 0.25) is 5.02 Å². The number of thiazole rings is 1. The van der Waals surface area contributed by atoms with Gasteiger partial charge < -0.3 is 9.42 Å². The molecular formula is C17H14ClN5O2S. The molecule has 4 rings (SSSR count). The Balaban J connectivity index is 1.63. The molecule has 3 aromatic heterocycles. The number of carbonyl (C=O) groups excluding carboxylic acids is 1. The smallest absolute Gasteiger partial charge is 0.271 e. The fourth-order valence-electron chi connectivity index (χ4n) is 2.60. The number of nitrogens with zero attached hydrogens (tertiary/aromatic N) is 5. The van der Waals surface area contributed by atoms with Crippen LogP contribution in [0, 0.1) is 6.92 Å². The average Bonchev–Trinajstić information content (AvgIpc) is 3.29. The van der Waals surface area contributed by atoms with Gasteiger partial charge in [0.2, 0.25) is 5.89 Å². The molecule has 0 aliphatic carbocycles. The van der Waals surface area contributed by atoms with Crippen LogP contribution in [0.4, 0.5) is 0 Å². The standard InChI is InChI=1S/C17H14ClN5O2S/c1-10-19-15(25-21-10)8-22(2)16(24)14-9-26-17-20-13(7-23(14)17)11-4-3-5-12(18)6-11/h3-7,9H,8H2,1-2H3. The minimum Gasteiger partial charge on any atom is -0.337 e. The Kier molecular flexibility index (Phi) is 4.21. The molecule has 0 bridgehead atoms. The Labute approximate surface area is 157 Å². The highest BCUT2D eigenvalue weighted by atomic mass is 35.5. The van der Waals surface area contributed by atoms with Crippen molar-refractivity contribution in [2.45, 2.75) is 13.5 Å². The highest BCUT2D eigenvalue weighted by molar-refractivity contribution is 7.15. The molecule has 4 aromatic rings. The van der Waals surface area contributed by atoms with E-state index >= 15 is 0 Å². The summed E-state index contributed by atoms with van der Waals surface area (Å²) < 4.78 is 6.87. The van der Waals surface area contributed by atoms with Gasteiger partial charge in [-0.05, 0) is 19.1 Å². The van der Waals surface area contributed by atoms with E-state index in [1.165, 1.54) is 16.2 Å². The van der Waals surface area contributed by atoms with Crippen LogP contribution >= 0.6 is 22.9 Å². The first-order valence-corrected chi connectivity index (χ1v) is 9.04. The van der Waals surface area contributed by atoms with Crippen molar-refractivity contribution < 1.29 is 9.32 Å². The summed E-state index contributed by atoms with van der Waals surface area (Å²) in [6.45, 7) is 1.98. The molecule has 0 spiro atoms. The molecule has 0 aliphatic rings. The van der Waals surface area contributed by atoms with Crippen molar-refractivity contribution in [2.24, 2.45) is 0 Å². The molecule has 0 unspecified atom stereocenters. The van der Waals surface area contributed by atoms with Gasteiger partial charge in [0, 0.05) is 29.2 Å². The van der Waals surface area contributed by atoms with Crippen LogP contribution < -0.4 is 0 Å². The molecule has 7 nitrogen and oxygen atoms in total. The number of hydrogen-bond donors (Lipinski definition) is 0. The lowest BCUT2D eigenvalue weighted by atomic mass is 10.2. The number of halogens is 1. The second-order valence-corrected chi connectivity index (χ2v) is 7.08. The van der Waals surface area contributed by atoms with E-state index in [1.807, 2.05) is 30.5 Å². The van der Waals surface area contributed by atoms with Crippen molar-refractivity contribution in [3.05, 3.63) is 58.3 Å². The fourth-order valence-corrected chi connectivity index (χ4v) is 3.64. The number of rotatable bonds is 4. The zero-order valence-electron chi connectivity index (χ0n) is 14.0. The predicted molar refractivity (Wildman–Crippen MR) is 98.3 cm³/mol. The van der Waals surface area contributed by atoms with E-state index in [0.717, 1.165) is 16.2 Å². The quantitative estimate of drug-likeness (QED) is 0.533. The Morgan fingerprint density at radius 2 is 2.23 bits per heavy atom. The topological polar surface area (TPSA) is 76.5 Å². The normalized spacial score (nSPS) is 11.2. The summed E-state index contributed by atoms with van der Waals surface area (Å²) in [7, 11) is 1.69. The zero-order valence-corrected chi connectivity index (χ0v) is 15.6. The summed E-state index contributed by atoms with van der Waals surface area (Å²) >= 11 is 7.47. The number of amides is 1. The molecule has 3 heterocycles. The number of aromatic nitrogens is 4. The van der Waals surface area contributed by atoms with Gasteiger partial charge in [0.05, 0.1) is 5.69 Å². The van der Waals surface area contributed by atoms with Gasteiger partial charge in [-0.1, -0.05) is 28.9 Å². The van der Waals surface area contributed by atoms with Crippen molar-refractivity contribution in [1.29, 1.82) is 0 Å². The third-order valence-corrected chi connectivity index (χ3v) is 4.91. The van der Waals surface area contributed by atoms with E-state index < -0.39 is 0 Å². The van der Waals surface area contributed by atoms with Gasteiger partial charge >= 0.3 is 0 Å². The minimum atomic E-state index is -0.151. The van der Waals surface area contributed by atoms with Crippen LogP contribution in [-0.4, -0.2) is 37.4 Å². The van der Waals surface area contributed by atoms with Crippen LogP contribution in [-0.2, 0) is 6.54 Å². The molecule has 0 aliphatic heterocycles. The van der Waals surface area contributed by atoms with Crippen molar-refractivity contribution >= 4 is 33.8 Å². The van der Waals surface area contributed by atoms with Gasteiger partial charge in [-0.2, -0.15) is 4.98 Å². The van der Waals surface area contributed by atoms with Crippen LogP contribution in [0.25, 0.3) is 16.2 Å². The van der Waals surface area contributed by atoms with Gasteiger partial charge in [0.1, 0.15) is 12.2 Å². The summed E-state index contributed by atoms with van der Waals surface area (Å²) in [4.78, 5) is 23.8. The molecule has 132 valence electrons. The van der Waals surface area contributed by atoms with Crippen LogP contribution in [0.15, 0.2) is 40.4 Å². The SMILES string of the molecule is Cc1noc(CN(C)C(=O)c2csc3nc(-c4cccc(Cl)c4)cn23)n1. The maximum Gasteiger partial charge on any atom is 0.271 e. The molecule has 1 amide bonds. The molecule has 0 N–H and O–H groups in total. The number of imidazole rings is 1. The van der Waals surface area contributed by atoms with Gasteiger partial charge in [-0.3, -0.25) is 9.20 Å². The van der Waals surface area contributed by atoms with E-state index in [9.17, 15) is 4.79 Å². The van der Waals surface area contributed by atoms with Crippen molar-refractivity contribution in [2.75, 3.05) is 7.05 Å². The number of carbonyl (C=O) groups is 1. The van der Waals surface area contributed by atoms with Gasteiger partial charge in [-0.15, -0.1) is 11.3 Å². The van der Waals surface area contributed by atoms with E-state index in [0.29, 0.717) is 22.4 Å². The molecular weight excluding hydrogens is 374 g/mol. The fraction of sp³-hybridized carbons (Fsp3) is 0.176. The predicted octanol–water partition coefficient (Wildman–Crippen LogP) is 3.68. The third-order valence-electron chi connectivity index (χ3n) is 3.84. The summed E-state index contributed by atoms with van der Waals surface area (Å²) in [5.41, 5.74) is 2.20. The van der Waals surface area contributed by atoms with Crippen molar-refractivity contribution in [3.63, 3.8) is 0 Å². The molecule has 0 atom stereocenters. The van der Waals surface area contributed by atoms with Crippen LogP contribution in [0.3, 0.4) is 0 Å². The second kappa shape index (κ2) is 6.54. The molecule has 0 saturated heterocycles. The summed E-state index contributed by atoms with van der Waals surface area (Å²) in [5.74, 6) is 0.789. The zero-order chi connectivity index (χ0) is 18.3. The average molecular weight is 388 g/mol. The second-order valence-electron chi connectivity index (χ2n) is 5.81. The Hall–Kier alpha value is -2.71. The van der Waals surface area contributed by atoms with Crippen LogP contribution in [0.5, 0.6) is 0 Å². The van der Waals surface area contributed by atoms with Gasteiger partial charge in [-0.25, -0.2) is 4.98 Å². The van der Waals surface area contributed by atoms with E-state index in [1.54, 1.807) is 23.8 Å². The van der Waals surface area contributed by atoms with Gasteiger partial charge in [0.15, 0.2) is 10.8 Å². The van der Waals surface area contributed by atoms with E-state index in [2.05, 4.69) is 15.1 Å². The third kappa shape index (κ3) is 3.09. The lowest BCUT2D eigenvalue weighted by Gasteiger charge is -2.13. The summed E-state index contributed by atoms with van der Waals surface area (Å²) in [6, 6.07) is 7.47. The first kappa shape index (κ1) is 16.7. The highest BCUT2D eigenvalue weighted by Gasteiger charge is 2.20. The summed E-state index contributed by atoms with van der Waals surface area (Å²) in [5, 5.41) is 6.17. The Morgan fingerprint density at radius 1 is 1.38 bits per heavy atom. The highest BCUT2D eigenvalue weighted by Crippen LogP contribution is 2.26. The molecule has 26 heavy (non-hydrogen) atoms. The number of hydrogen-bond acceptors (Lipinski definition) is 6. The Morgan fingerprint density at radius 3 is 2.96 bits per heavy atom. The monoisotopic (exact) mass is 387 g/mol. The van der Waals surface area contributed by atoms with E-state index in [4.69, 9.17) is 16.1 Å². The maximum absolute atomic E-state index is 12.8. The largest absolute Gasteiger partial charge is 0.337 e. The van der Waals surface area contributed by atoms with Crippen molar-refractivity contribution in [3.8, 4) is 11.3 Å². The number of fused-ring (bicyclic) bond motifs is 1. The molecule has 0 radical (unpaired) electrons. The molecule has 0 fully saturated rings. The van der Waals surface area contributed by atoms with E-state index in [-0.39, 0.29) is 12.5 Å². The lowest BCUT2D eigenvalue weighted by Crippen LogP contribution is -2.27. The lowest BCUT2D eigenvalue weighted by molar-refractivity contribution is 0.0763. The first-order valence-electron chi connectivity index (χ1n) is 7.78. The van der Waals surface area contributed by atoms with Gasteiger partial charge in [0.25, 0.3) is 5.91 Å². The maximum atomic E-state index is 12.8. The Bertz CT molecular complexity index is 1100. The molecule has 1 aromatic carbocycles. The van der Waals surface area contributed by atoms with Crippen LogP contribution in [0.1, 0.15) is 22.2 Å². The number of aryl methyl sites for hydroxylation is 1. The molecule has 0 saturated carbocycles. The first-order chi connectivity index (χ1) is 12.5. The minimum absolute atomic E-state index is 0.151. The summed E-state index contributed by atoms with van der Waals surface area (Å²) in [6.07, 6.45) is 1.84. The molecule has 9 heteroatoms. The van der Waals surface area contributed by atoms with Crippen molar-refractivity contribution in [1.82, 2.24) is 24.4 Å². The number of benzene rings is 1.